The molecule has 1 aliphatic carbocycles. The molecule has 0 bridgehead atoms. The van der Waals surface area contributed by atoms with Gasteiger partial charge in [0.25, 0.3) is 0 Å². The van der Waals surface area contributed by atoms with Crippen LogP contribution in [0, 0.1) is 5.92 Å². The van der Waals surface area contributed by atoms with Gasteiger partial charge in [-0.15, -0.1) is 0 Å². The number of hydrogen-bond donors (Lipinski definition) is 2. The van der Waals surface area contributed by atoms with Crippen LogP contribution in [0.25, 0.3) is 27.9 Å². The maximum absolute atomic E-state index is 10.0. The van der Waals surface area contributed by atoms with Crippen LogP contribution >= 0.6 is 0 Å². The Hall–Kier alpha value is -3.88. The second kappa shape index (κ2) is 8.16. The number of fused-ring (bicyclic) bond motifs is 3. The molecule has 1 aliphatic heterocycles. The van der Waals surface area contributed by atoms with Crippen molar-refractivity contribution in [3.63, 3.8) is 0 Å². The molecule has 4 aromatic rings. The summed E-state index contributed by atoms with van der Waals surface area (Å²) in [6.45, 7) is 6.39. The van der Waals surface area contributed by atoms with E-state index >= 15 is 0 Å². The highest BCUT2D eigenvalue weighted by molar-refractivity contribution is 5.89. The van der Waals surface area contributed by atoms with Crippen molar-refractivity contribution in [2.24, 2.45) is 11.7 Å². The number of carbonyl (C=O) groups excluding carboxylic acids is 1. The number of benzene rings is 2. The number of primary amides is 1. The molecule has 1 amide bonds. The summed E-state index contributed by atoms with van der Waals surface area (Å²) in [5, 5.41) is 9.66. The van der Waals surface area contributed by atoms with Gasteiger partial charge < -0.3 is 20.5 Å². The second-order valence-electron chi connectivity index (χ2n) is 9.74. The molecule has 2 aromatic carbocycles. The molecule has 9 heteroatoms. The molecule has 2 aromatic heterocycles. The van der Waals surface area contributed by atoms with Gasteiger partial charge in [0.15, 0.2) is 5.82 Å². The number of aromatic nitrogens is 4. The predicted octanol–water partition coefficient (Wildman–Crippen LogP) is 4.15. The van der Waals surface area contributed by atoms with Crippen LogP contribution in [0.1, 0.15) is 33.6 Å². The van der Waals surface area contributed by atoms with Crippen LogP contribution < -0.4 is 10.6 Å². The highest BCUT2D eigenvalue weighted by Gasteiger charge is 2.47. The Bertz CT molecular complexity index is 1380. The van der Waals surface area contributed by atoms with Crippen LogP contribution in [0.15, 0.2) is 48.9 Å². The highest BCUT2D eigenvalue weighted by Crippen LogP contribution is 2.47. The Labute approximate surface area is 197 Å². The first-order valence-electron chi connectivity index (χ1n) is 11.4. The SMILES string of the molecule is CC(C)(C)OC(N)=O.Oc1ccc2c(c1)ncn2-c1cnc2cccc(N3CCC4CC43)c2n1. The minimum absolute atomic E-state index is 0.211. The lowest BCUT2D eigenvalue weighted by Crippen LogP contribution is -2.27. The molecule has 9 nitrogen and oxygen atoms in total. The van der Waals surface area contributed by atoms with Gasteiger partial charge in [-0.2, -0.15) is 0 Å². The van der Waals surface area contributed by atoms with Gasteiger partial charge in [0, 0.05) is 18.7 Å². The molecule has 0 radical (unpaired) electrons. The van der Waals surface area contributed by atoms with Crippen molar-refractivity contribution >= 4 is 33.8 Å². The van der Waals surface area contributed by atoms with Crippen LogP contribution in [0.5, 0.6) is 5.75 Å². The van der Waals surface area contributed by atoms with Gasteiger partial charge >= 0.3 is 6.09 Å². The number of piperidine rings is 1. The fourth-order valence-electron chi connectivity index (χ4n) is 4.54. The number of phenols is 1. The molecular formula is C25H28N6O3. The molecule has 2 aliphatic rings. The fraction of sp³-hybridized carbons (Fsp3) is 0.360. The van der Waals surface area contributed by atoms with Crippen molar-refractivity contribution in [3.8, 4) is 11.6 Å². The number of para-hydroxylation sites is 1. The molecule has 1 saturated carbocycles. The van der Waals surface area contributed by atoms with E-state index in [9.17, 15) is 9.90 Å². The first kappa shape index (κ1) is 21.9. The van der Waals surface area contributed by atoms with Gasteiger partial charge in [-0.05, 0) is 63.8 Å². The van der Waals surface area contributed by atoms with E-state index in [0.717, 1.165) is 40.3 Å². The Morgan fingerprint density at radius 2 is 2.00 bits per heavy atom. The van der Waals surface area contributed by atoms with E-state index in [0.29, 0.717) is 6.04 Å². The quantitative estimate of drug-likeness (QED) is 0.461. The standard InChI is InChI=1S/C20H17N5O.C5H11NO2/c26-13-4-5-16-15(9-13)22-11-25(16)19-10-21-14-2-1-3-17(20(14)23-19)24-7-6-12-8-18(12)24;1-5(2,3)8-4(6)7/h1-5,9-12,18,26H,6-8H2;1-3H3,(H2,6,7). The molecule has 3 heterocycles. The average molecular weight is 461 g/mol. The van der Waals surface area contributed by atoms with Gasteiger partial charge in [-0.1, -0.05) is 6.07 Å². The van der Waals surface area contributed by atoms with Gasteiger partial charge in [0.2, 0.25) is 0 Å². The summed E-state index contributed by atoms with van der Waals surface area (Å²) in [4.78, 5) is 26.5. The third kappa shape index (κ3) is 4.33. The van der Waals surface area contributed by atoms with E-state index in [1.165, 1.54) is 18.5 Å². The number of nitrogens with zero attached hydrogens (tertiary/aromatic N) is 5. The summed E-state index contributed by atoms with van der Waals surface area (Å²) in [7, 11) is 0. The molecule has 176 valence electrons. The van der Waals surface area contributed by atoms with Crippen molar-refractivity contribution in [1.29, 1.82) is 0 Å². The lowest BCUT2D eigenvalue weighted by Gasteiger charge is -2.21. The number of imidazole rings is 1. The summed E-state index contributed by atoms with van der Waals surface area (Å²) in [6.07, 6.45) is 5.37. The van der Waals surface area contributed by atoms with E-state index in [4.69, 9.17) is 10.7 Å². The molecule has 2 fully saturated rings. The molecule has 2 atom stereocenters. The molecule has 3 N–H and O–H groups in total. The zero-order chi connectivity index (χ0) is 24.0. The summed E-state index contributed by atoms with van der Waals surface area (Å²) in [5.41, 5.74) is 8.94. The van der Waals surface area contributed by atoms with Crippen molar-refractivity contribution < 1.29 is 14.6 Å². The van der Waals surface area contributed by atoms with Crippen molar-refractivity contribution in [3.05, 3.63) is 48.9 Å². The van der Waals surface area contributed by atoms with Crippen LogP contribution in [0.4, 0.5) is 10.5 Å². The Balaban J connectivity index is 0.000000262. The summed E-state index contributed by atoms with van der Waals surface area (Å²) >= 11 is 0. The normalized spacial score (nSPS) is 19.0. The largest absolute Gasteiger partial charge is 0.508 e. The summed E-state index contributed by atoms with van der Waals surface area (Å²) in [5.74, 6) is 1.82. The first-order chi connectivity index (χ1) is 16.2. The zero-order valence-corrected chi connectivity index (χ0v) is 19.5. The number of phenolic OH excluding ortho intramolecular Hbond substituents is 1. The van der Waals surface area contributed by atoms with Crippen molar-refractivity contribution in [2.45, 2.75) is 45.3 Å². The Morgan fingerprint density at radius 1 is 1.18 bits per heavy atom. The second-order valence-corrected chi connectivity index (χ2v) is 9.74. The third-order valence-electron chi connectivity index (χ3n) is 6.06. The lowest BCUT2D eigenvalue weighted by molar-refractivity contribution is 0.0600. The van der Waals surface area contributed by atoms with Gasteiger partial charge in [-0.3, -0.25) is 9.55 Å². The van der Waals surface area contributed by atoms with Crippen LogP contribution in [-0.4, -0.2) is 48.9 Å². The van der Waals surface area contributed by atoms with E-state index in [1.807, 2.05) is 16.7 Å². The number of carbonyl (C=O) groups is 1. The third-order valence-corrected chi connectivity index (χ3v) is 6.06. The first-order valence-corrected chi connectivity index (χ1v) is 11.4. The molecule has 34 heavy (non-hydrogen) atoms. The minimum atomic E-state index is -0.725. The summed E-state index contributed by atoms with van der Waals surface area (Å²) < 4.78 is 6.49. The van der Waals surface area contributed by atoms with Crippen molar-refractivity contribution in [1.82, 2.24) is 19.5 Å². The van der Waals surface area contributed by atoms with E-state index in [2.05, 4.69) is 31.7 Å². The fourth-order valence-corrected chi connectivity index (χ4v) is 4.54. The molecule has 2 unspecified atom stereocenters. The Morgan fingerprint density at radius 3 is 2.65 bits per heavy atom. The topological polar surface area (TPSA) is 119 Å². The number of aromatic hydroxyl groups is 1. The minimum Gasteiger partial charge on any atom is -0.508 e. The maximum Gasteiger partial charge on any atom is 0.405 e. The van der Waals surface area contributed by atoms with E-state index < -0.39 is 11.7 Å². The predicted molar refractivity (Wildman–Crippen MR) is 130 cm³/mol. The number of rotatable bonds is 2. The molecule has 1 saturated heterocycles. The Kier molecular flexibility index (Phi) is 5.27. The zero-order valence-electron chi connectivity index (χ0n) is 19.5. The molecule has 0 spiro atoms. The monoisotopic (exact) mass is 460 g/mol. The van der Waals surface area contributed by atoms with Gasteiger partial charge in [0.1, 0.15) is 23.2 Å². The average Bonchev–Trinajstić information content (AvgIpc) is 3.23. The maximum atomic E-state index is 10.0. The van der Waals surface area contributed by atoms with E-state index in [1.54, 1.807) is 45.4 Å². The number of nitrogens with two attached hydrogens (primary N) is 1. The van der Waals surface area contributed by atoms with Crippen LogP contribution in [0.2, 0.25) is 0 Å². The van der Waals surface area contributed by atoms with Gasteiger partial charge in [0.05, 0.1) is 28.4 Å². The number of ether oxygens (including phenoxy) is 1. The van der Waals surface area contributed by atoms with E-state index in [-0.39, 0.29) is 5.75 Å². The number of hydrogen-bond acceptors (Lipinski definition) is 7. The van der Waals surface area contributed by atoms with Gasteiger partial charge in [-0.25, -0.2) is 14.8 Å². The number of amides is 1. The highest BCUT2D eigenvalue weighted by atomic mass is 16.6. The lowest BCUT2D eigenvalue weighted by atomic mass is 10.2. The van der Waals surface area contributed by atoms with Crippen LogP contribution in [0.3, 0.4) is 0 Å². The van der Waals surface area contributed by atoms with Crippen LogP contribution in [-0.2, 0) is 4.74 Å². The molecule has 6 rings (SSSR count). The van der Waals surface area contributed by atoms with Crippen molar-refractivity contribution in [2.75, 3.05) is 11.4 Å². The summed E-state index contributed by atoms with van der Waals surface area (Å²) in [6, 6.07) is 12.1. The smallest absolute Gasteiger partial charge is 0.405 e. The number of anilines is 1. The molecular weight excluding hydrogens is 432 g/mol.